The Hall–Kier alpha value is -3.00. The lowest BCUT2D eigenvalue weighted by Crippen LogP contribution is -2.32. The number of nitrogens with zero attached hydrogens (tertiary/aromatic N) is 1. The van der Waals surface area contributed by atoms with Gasteiger partial charge in [0.15, 0.2) is 0 Å². The number of hydrogen-bond acceptors (Lipinski definition) is 6. The fourth-order valence-corrected chi connectivity index (χ4v) is 2.48. The molecule has 0 aliphatic carbocycles. The summed E-state index contributed by atoms with van der Waals surface area (Å²) in [6.07, 6.45) is 0. The summed E-state index contributed by atoms with van der Waals surface area (Å²) in [4.78, 5) is 22.8. The van der Waals surface area contributed by atoms with Gasteiger partial charge >= 0.3 is 0 Å². The average Bonchev–Trinajstić information content (AvgIpc) is 2.61. The third-order valence-electron chi connectivity index (χ3n) is 3.58. The van der Waals surface area contributed by atoms with Crippen molar-refractivity contribution in [3.8, 4) is 11.5 Å². The Labute approximate surface area is 155 Å². The predicted molar refractivity (Wildman–Crippen MR) is 99.4 cm³/mol. The molecule has 0 aliphatic heterocycles. The Morgan fingerprint density at radius 1 is 1.15 bits per heavy atom. The van der Waals surface area contributed by atoms with Crippen LogP contribution in [0.25, 0.3) is 0 Å². The van der Waals surface area contributed by atoms with E-state index in [1.807, 2.05) is 0 Å². The molecule has 0 radical (unpaired) electrons. The molecule has 0 fully saturated rings. The molecule has 1 atom stereocenters. The number of non-ortho nitro benzene ring substituents is 1. The number of rotatable bonds is 7. The molecule has 2 rings (SSSR count). The summed E-state index contributed by atoms with van der Waals surface area (Å²) in [7, 11) is 2.93. The normalized spacial score (nSPS) is 11.4. The van der Waals surface area contributed by atoms with Crippen LogP contribution in [0.4, 0.5) is 17.1 Å². The van der Waals surface area contributed by atoms with E-state index in [1.165, 1.54) is 32.4 Å². The second-order valence-corrected chi connectivity index (χ2v) is 5.75. The number of hydrogen-bond donors (Lipinski definition) is 2. The largest absolute Gasteiger partial charge is 0.495 e. The molecule has 0 heterocycles. The molecule has 2 N–H and O–H groups in total. The van der Waals surface area contributed by atoms with Crippen molar-refractivity contribution in [1.29, 1.82) is 0 Å². The van der Waals surface area contributed by atoms with Crippen LogP contribution in [0.5, 0.6) is 11.5 Å². The number of carbonyl (C=O) groups is 1. The number of nitrogens with one attached hydrogen (secondary N) is 2. The van der Waals surface area contributed by atoms with Crippen molar-refractivity contribution < 1.29 is 19.2 Å². The molecule has 0 aliphatic rings. The summed E-state index contributed by atoms with van der Waals surface area (Å²) in [5.74, 6) is 0.454. The quantitative estimate of drug-likeness (QED) is 0.561. The minimum atomic E-state index is -0.636. The Kier molecular flexibility index (Phi) is 6.24. The summed E-state index contributed by atoms with van der Waals surface area (Å²) >= 11 is 6.06. The molecule has 0 unspecified atom stereocenters. The molecular weight excluding hydrogens is 362 g/mol. The number of methoxy groups -OCH3 is 2. The SMILES string of the molecule is COc1ccc(N[C@H](C)C(=O)Nc2cc([N+](=O)[O-])ccc2OC)cc1Cl. The highest BCUT2D eigenvalue weighted by atomic mass is 35.5. The van der Waals surface area contributed by atoms with E-state index in [9.17, 15) is 14.9 Å². The minimum absolute atomic E-state index is 0.149. The molecule has 1 amide bonds. The third-order valence-corrected chi connectivity index (χ3v) is 3.88. The number of ether oxygens (including phenoxy) is 2. The zero-order chi connectivity index (χ0) is 19.3. The number of nitro groups is 1. The molecule has 0 saturated heterocycles. The molecule has 2 aromatic carbocycles. The van der Waals surface area contributed by atoms with Gasteiger partial charge in [-0.1, -0.05) is 11.6 Å². The van der Waals surface area contributed by atoms with Gasteiger partial charge in [-0.2, -0.15) is 0 Å². The first kappa shape index (κ1) is 19.3. The minimum Gasteiger partial charge on any atom is -0.495 e. The molecule has 0 saturated carbocycles. The fourth-order valence-electron chi connectivity index (χ4n) is 2.22. The lowest BCUT2D eigenvalue weighted by atomic mass is 10.2. The van der Waals surface area contributed by atoms with Gasteiger partial charge in [-0.05, 0) is 31.2 Å². The van der Waals surface area contributed by atoms with Crippen LogP contribution in [0, 0.1) is 10.1 Å². The van der Waals surface area contributed by atoms with Gasteiger partial charge in [0, 0.05) is 17.8 Å². The highest BCUT2D eigenvalue weighted by Gasteiger charge is 2.18. The van der Waals surface area contributed by atoms with Gasteiger partial charge in [0.2, 0.25) is 5.91 Å². The van der Waals surface area contributed by atoms with Crippen molar-refractivity contribution in [3.63, 3.8) is 0 Å². The Balaban J connectivity index is 2.12. The summed E-state index contributed by atoms with van der Waals surface area (Å²) in [5.41, 5.74) is 0.696. The molecule has 9 heteroatoms. The third kappa shape index (κ3) is 4.54. The van der Waals surface area contributed by atoms with Gasteiger partial charge in [-0.3, -0.25) is 14.9 Å². The Morgan fingerprint density at radius 2 is 1.81 bits per heavy atom. The number of carbonyl (C=O) groups excluding carboxylic acids is 1. The van der Waals surface area contributed by atoms with E-state index >= 15 is 0 Å². The fraction of sp³-hybridized carbons (Fsp3) is 0.235. The monoisotopic (exact) mass is 379 g/mol. The van der Waals surface area contributed by atoms with Crippen molar-refractivity contribution >= 4 is 34.6 Å². The average molecular weight is 380 g/mol. The van der Waals surface area contributed by atoms with Crippen LogP contribution in [0.15, 0.2) is 36.4 Å². The van der Waals surface area contributed by atoms with Crippen molar-refractivity contribution in [2.75, 3.05) is 24.9 Å². The van der Waals surface area contributed by atoms with Crippen molar-refractivity contribution in [1.82, 2.24) is 0 Å². The second-order valence-electron chi connectivity index (χ2n) is 5.35. The highest BCUT2D eigenvalue weighted by Crippen LogP contribution is 2.30. The van der Waals surface area contributed by atoms with Crippen LogP contribution < -0.4 is 20.1 Å². The van der Waals surface area contributed by atoms with Crippen molar-refractivity contribution in [2.45, 2.75) is 13.0 Å². The van der Waals surface area contributed by atoms with E-state index in [0.29, 0.717) is 22.2 Å². The number of amides is 1. The van der Waals surface area contributed by atoms with Gasteiger partial charge in [0.05, 0.1) is 29.9 Å². The van der Waals surface area contributed by atoms with Gasteiger partial charge in [0.25, 0.3) is 5.69 Å². The predicted octanol–water partition coefficient (Wildman–Crippen LogP) is 3.70. The first-order valence-electron chi connectivity index (χ1n) is 7.59. The van der Waals surface area contributed by atoms with Crippen LogP contribution in [-0.2, 0) is 4.79 Å². The number of anilines is 2. The Bertz CT molecular complexity index is 828. The molecule has 0 bridgehead atoms. The zero-order valence-corrected chi connectivity index (χ0v) is 15.2. The van der Waals surface area contributed by atoms with Crippen LogP contribution >= 0.6 is 11.6 Å². The number of halogens is 1. The van der Waals surface area contributed by atoms with Gasteiger partial charge in [-0.15, -0.1) is 0 Å². The van der Waals surface area contributed by atoms with E-state index in [2.05, 4.69) is 10.6 Å². The summed E-state index contributed by atoms with van der Waals surface area (Å²) in [6.45, 7) is 1.65. The zero-order valence-electron chi connectivity index (χ0n) is 14.4. The first-order valence-corrected chi connectivity index (χ1v) is 7.97. The summed E-state index contributed by atoms with van der Waals surface area (Å²) in [5, 5.41) is 17.0. The first-order chi connectivity index (χ1) is 12.3. The van der Waals surface area contributed by atoms with Gasteiger partial charge < -0.3 is 20.1 Å². The van der Waals surface area contributed by atoms with Gasteiger partial charge in [-0.25, -0.2) is 0 Å². The second kappa shape index (κ2) is 8.39. The topological polar surface area (TPSA) is 103 Å². The molecule has 8 nitrogen and oxygen atoms in total. The lowest BCUT2D eigenvalue weighted by molar-refractivity contribution is -0.384. The van der Waals surface area contributed by atoms with E-state index in [1.54, 1.807) is 25.1 Å². The van der Waals surface area contributed by atoms with E-state index in [-0.39, 0.29) is 11.4 Å². The summed E-state index contributed by atoms with van der Waals surface area (Å²) in [6, 6.07) is 8.38. The smallest absolute Gasteiger partial charge is 0.271 e. The molecule has 0 aromatic heterocycles. The maximum Gasteiger partial charge on any atom is 0.271 e. The number of benzene rings is 2. The molecule has 26 heavy (non-hydrogen) atoms. The van der Waals surface area contributed by atoms with Crippen molar-refractivity contribution in [3.05, 3.63) is 51.5 Å². The maximum absolute atomic E-state index is 12.4. The molecule has 2 aromatic rings. The lowest BCUT2D eigenvalue weighted by Gasteiger charge is -2.17. The van der Waals surface area contributed by atoms with Crippen LogP contribution in [0.2, 0.25) is 5.02 Å². The Morgan fingerprint density at radius 3 is 2.38 bits per heavy atom. The van der Waals surface area contributed by atoms with E-state index < -0.39 is 16.9 Å². The van der Waals surface area contributed by atoms with Crippen LogP contribution in [0.3, 0.4) is 0 Å². The van der Waals surface area contributed by atoms with Crippen LogP contribution in [0.1, 0.15) is 6.92 Å². The molecule has 0 spiro atoms. The van der Waals surface area contributed by atoms with Gasteiger partial charge in [0.1, 0.15) is 17.5 Å². The maximum atomic E-state index is 12.4. The van der Waals surface area contributed by atoms with E-state index in [0.717, 1.165) is 0 Å². The van der Waals surface area contributed by atoms with E-state index in [4.69, 9.17) is 21.1 Å². The molecular formula is C17H18ClN3O5. The number of nitro benzene ring substituents is 1. The summed E-state index contributed by atoms with van der Waals surface area (Å²) < 4.78 is 10.2. The van der Waals surface area contributed by atoms with Crippen LogP contribution in [-0.4, -0.2) is 31.1 Å². The molecule has 138 valence electrons. The standard InChI is InChI=1S/C17H18ClN3O5/c1-10(19-11-4-6-15(25-2)13(18)8-11)17(22)20-14-9-12(21(23)24)5-7-16(14)26-3/h4-10,19H,1-3H3,(H,20,22)/t10-/m1/s1. The highest BCUT2D eigenvalue weighted by molar-refractivity contribution is 6.32. The van der Waals surface area contributed by atoms with Crippen molar-refractivity contribution in [2.24, 2.45) is 0 Å².